The van der Waals surface area contributed by atoms with Gasteiger partial charge in [0.2, 0.25) is 0 Å². The average Bonchev–Trinajstić information content (AvgIpc) is 2.56. The van der Waals surface area contributed by atoms with Crippen LogP contribution in [-0.2, 0) is 0 Å². The fraction of sp³-hybridized carbons (Fsp3) is 0.400. The molecule has 132 valence electrons. The van der Waals surface area contributed by atoms with E-state index in [1.54, 1.807) is 6.20 Å². The van der Waals surface area contributed by atoms with Crippen LogP contribution in [0.25, 0.3) is 11.1 Å². The van der Waals surface area contributed by atoms with Crippen molar-refractivity contribution in [1.29, 1.82) is 0 Å². The number of piperidine rings is 1. The van der Waals surface area contributed by atoms with Gasteiger partial charge in [0.25, 0.3) is 0 Å². The highest BCUT2D eigenvalue weighted by Gasteiger charge is 2.26. The van der Waals surface area contributed by atoms with E-state index in [2.05, 4.69) is 24.1 Å². The summed E-state index contributed by atoms with van der Waals surface area (Å²) >= 11 is 0. The number of aromatic nitrogens is 1. The number of amides is 2. The van der Waals surface area contributed by atoms with Crippen molar-refractivity contribution >= 4 is 11.7 Å². The molecule has 0 unspecified atom stereocenters. The molecule has 1 aromatic heterocycles. The van der Waals surface area contributed by atoms with E-state index in [1.807, 2.05) is 30.0 Å². The Morgan fingerprint density at radius 1 is 1.28 bits per heavy atom. The summed E-state index contributed by atoms with van der Waals surface area (Å²) in [6.45, 7) is 7.06. The first-order valence-electron chi connectivity index (χ1n) is 8.73. The van der Waals surface area contributed by atoms with Gasteiger partial charge in [0, 0.05) is 30.0 Å². The molecule has 0 bridgehead atoms. The zero-order valence-electron chi connectivity index (χ0n) is 14.9. The molecule has 2 atom stereocenters. The van der Waals surface area contributed by atoms with E-state index in [0.717, 1.165) is 30.5 Å². The van der Waals surface area contributed by atoms with Crippen molar-refractivity contribution in [3.05, 3.63) is 48.0 Å². The third-order valence-electron chi connectivity index (χ3n) is 4.90. The fourth-order valence-electron chi connectivity index (χ4n) is 3.47. The van der Waals surface area contributed by atoms with E-state index in [4.69, 9.17) is 0 Å². The minimum absolute atomic E-state index is 0.0772. The van der Waals surface area contributed by atoms with Gasteiger partial charge >= 0.3 is 6.03 Å². The molecule has 1 fully saturated rings. The number of anilines is 1. The maximum absolute atomic E-state index is 13.5. The van der Waals surface area contributed by atoms with E-state index in [0.29, 0.717) is 17.2 Å². The molecule has 2 heterocycles. The molecule has 0 spiro atoms. The number of nitrogens with zero attached hydrogens (tertiary/aromatic N) is 2. The average molecular weight is 341 g/mol. The van der Waals surface area contributed by atoms with Gasteiger partial charge in [0.05, 0.1) is 6.20 Å². The lowest BCUT2D eigenvalue weighted by Gasteiger charge is -2.36. The lowest BCUT2D eigenvalue weighted by atomic mass is 9.94. The number of likely N-dealkylation sites (tertiary alicyclic amines) is 1. The minimum atomic E-state index is -0.373. The number of pyridine rings is 1. The number of carbonyl (C=O) groups is 1. The van der Waals surface area contributed by atoms with Gasteiger partial charge < -0.3 is 10.2 Å². The lowest BCUT2D eigenvalue weighted by molar-refractivity contribution is 0.150. The summed E-state index contributed by atoms with van der Waals surface area (Å²) < 4.78 is 13.5. The summed E-state index contributed by atoms with van der Waals surface area (Å²) in [5.41, 5.74) is 3.28. The van der Waals surface area contributed by atoms with Crippen LogP contribution in [0.5, 0.6) is 0 Å². The molecule has 0 saturated carbocycles. The highest BCUT2D eigenvalue weighted by atomic mass is 19.1. The zero-order chi connectivity index (χ0) is 18.0. The van der Waals surface area contributed by atoms with Crippen LogP contribution in [0.4, 0.5) is 14.9 Å². The molecule has 1 aromatic carbocycles. The predicted octanol–water partition coefficient (Wildman–Crippen LogP) is 4.85. The van der Waals surface area contributed by atoms with E-state index in [-0.39, 0.29) is 17.9 Å². The van der Waals surface area contributed by atoms with Crippen molar-refractivity contribution in [2.75, 3.05) is 11.9 Å². The Labute approximate surface area is 148 Å². The number of hydrogen-bond acceptors (Lipinski definition) is 2. The van der Waals surface area contributed by atoms with Crippen LogP contribution in [0.15, 0.2) is 36.7 Å². The van der Waals surface area contributed by atoms with Gasteiger partial charge in [-0.05, 0) is 61.9 Å². The molecule has 2 amide bonds. The third-order valence-corrected chi connectivity index (χ3v) is 4.90. The van der Waals surface area contributed by atoms with Crippen molar-refractivity contribution in [1.82, 2.24) is 9.88 Å². The number of hydrogen-bond donors (Lipinski definition) is 1. The number of rotatable bonds is 2. The first-order chi connectivity index (χ1) is 11.9. The molecule has 4 nitrogen and oxygen atoms in total. The Hall–Kier alpha value is -2.43. The normalized spacial score (nSPS) is 20.4. The summed E-state index contributed by atoms with van der Waals surface area (Å²) in [4.78, 5) is 18.4. The molecule has 0 radical (unpaired) electrons. The molecule has 2 aromatic rings. The van der Waals surface area contributed by atoms with Gasteiger partial charge in [0.1, 0.15) is 5.82 Å². The summed E-state index contributed by atoms with van der Waals surface area (Å²) in [5, 5.41) is 2.98. The Bertz CT molecular complexity index is 777. The number of benzene rings is 1. The second kappa shape index (κ2) is 7.21. The lowest BCUT2D eigenvalue weighted by Crippen LogP contribution is -2.46. The molecule has 1 saturated heterocycles. The molecule has 1 aliphatic heterocycles. The van der Waals surface area contributed by atoms with Gasteiger partial charge in [-0.3, -0.25) is 4.98 Å². The summed E-state index contributed by atoms with van der Waals surface area (Å²) in [6, 6.07) is 7.29. The molecular weight excluding hydrogens is 317 g/mol. The van der Waals surface area contributed by atoms with E-state index in [1.165, 1.54) is 12.3 Å². The van der Waals surface area contributed by atoms with Crippen molar-refractivity contribution < 1.29 is 9.18 Å². The highest BCUT2D eigenvalue weighted by molar-refractivity contribution is 5.90. The summed E-state index contributed by atoms with van der Waals surface area (Å²) in [5.74, 6) is 0.285. The van der Waals surface area contributed by atoms with Crippen molar-refractivity contribution in [2.45, 2.75) is 39.7 Å². The number of nitrogens with one attached hydrogen (secondary N) is 1. The van der Waals surface area contributed by atoms with Gasteiger partial charge in [-0.2, -0.15) is 0 Å². The predicted molar refractivity (Wildman–Crippen MR) is 98.0 cm³/mol. The quantitative estimate of drug-likeness (QED) is 0.849. The smallest absolute Gasteiger partial charge is 0.322 e. The Kier molecular flexibility index (Phi) is 5.02. The highest BCUT2D eigenvalue weighted by Crippen LogP contribution is 2.28. The van der Waals surface area contributed by atoms with Crippen LogP contribution in [0.2, 0.25) is 0 Å². The molecule has 1 aliphatic rings. The fourth-order valence-corrected chi connectivity index (χ4v) is 3.47. The van der Waals surface area contributed by atoms with Crippen molar-refractivity contribution in [2.24, 2.45) is 5.92 Å². The first-order valence-corrected chi connectivity index (χ1v) is 8.73. The second-order valence-electron chi connectivity index (χ2n) is 7.02. The van der Waals surface area contributed by atoms with Crippen molar-refractivity contribution in [3.8, 4) is 11.1 Å². The standard InChI is InChI=1S/C20H24FN3O/c1-13-6-7-24(15(3)8-13)20(25)23-18-5-4-14(2)19(10-18)16-9-17(21)12-22-11-16/h4-5,9-13,15H,6-8H2,1-3H3,(H,23,25)/t13-,15-/m0/s1. The topological polar surface area (TPSA) is 45.2 Å². The van der Waals surface area contributed by atoms with Crippen LogP contribution < -0.4 is 5.32 Å². The van der Waals surface area contributed by atoms with Crippen LogP contribution in [0.3, 0.4) is 0 Å². The van der Waals surface area contributed by atoms with Crippen molar-refractivity contribution in [3.63, 3.8) is 0 Å². The number of carbonyl (C=O) groups excluding carboxylic acids is 1. The van der Waals surface area contributed by atoms with Gasteiger partial charge in [-0.25, -0.2) is 9.18 Å². The van der Waals surface area contributed by atoms with Crippen LogP contribution >= 0.6 is 0 Å². The van der Waals surface area contributed by atoms with Crippen LogP contribution in [0.1, 0.15) is 32.3 Å². The molecule has 25 heavy (non-hydrogen) atoms. The van der Waals surface area contributed by atoms with E-state index >= 15 is 0 Å². The summed E-state index contributed by atoms with van der Waals surface area (Å²) in [6.07, 6.45) is 4.88. The maximum atomic E-state index is 13.5. The molecule has 1 N–H and O–H groups in total. The van der Waals surface area contributed by atoms with E-state index < -0.39 is 0 Å². The van der Waals surface area contributed by atoms with Gasteiger partial charge in [-0.15, -0.1) is 0 Å². The third kappa shape index (κ3) is 3.98. The van der Waals surface area contributed by atoms with E-state index in [9.17, 15) is 9.18 Å². The number of urea groups is 1. The molecule has 0 aliphatic carbocycles. The molecule has 5 heteroatoms. The zero-order valence-corrected chi connectivity index (χ0v) is 14.9. The van der Waals surface area contributed by atoms with Gasteiger partial charge in [0.15, 0.2) is 0 Å². The SMILES string of the molecule is Cc1ccc(NC(=O)N2CC[C@H](C)C[C@@H]2C)cc1-c1cncc(F)c1. The maximum Gasteiger partial charge on any atom is 0.322 e. The summed E-state index contributed by atoms with van der Waals surface area (Å²) in [7, 11) is 0. The monoisotopic (exact) mass is 341 g/mol. The minimum Gasteiger partial charge on any atom is -0.322 e. The Morgan fingerprint density at radius 2 is 2.08 bits per heavy atom. The first kappa shape index (κ1) is 17.4. The number of aryl methyl sites for hydroxylation is 1. The Balaban J connectivity index is 1.79. The van der Waals surface area contributed by atoms with Crippen LogP contribution in [-0.4, -0.2) is 28.5 Å². The Morgan fingerprint density at radius 3 is 2.80 bits per heavy atom. The molecule has 3 rings (SSSR count). The number of halogens is 1. The second-order valence-corrected chi connectivity index (χ2v) is 7.02. The van der Waals surface area contributed by atoms with Crippen LogP contribution in [0, 0.1) is 18.7 Å². The largest absolute Gasteiger partial charge is 0.322 e. The molecular formula is C20H24FN3O. The van der Waals surface area contributed by atoms with Gasteiger partial charge in [-0.1, -0.05) is 13.0 Å².